The SMILES string of the molecule is CN(CC1CC(F)(F)C1)[C@@H]1CCC[C@H]1O. The number of likely N-dealkylation sites (N-methyl/N-ethyl adjacent to an activating group) is 1. The fourth-order valence-corrected chi connectivity index (χ4v) is 2.89. The van der Waals surface area contributed by atoms with Gasteiger partial charge in [0, 0.05) is 25.4 Å². The van der Waals surface area contributed by atoms with Gasteiger partial charge in [-0.3, -0.25) is 0 Å². The Bertz CT molecular complexity index is 227. The predicted octanol–water partition coefficient (Wildman–Crippen LogP) is 1.88. The number of aliphatic hydroxyl groups excluding tert-OH is 1. The first-order valence-corrected chi connectivity index (χ1v) is 5.74. The molecule has 0 amide bonds. The summed E-state index contributed by atoms with van der Waals surface area (Å²) in [6.45, 7) is 0.706. The first-order valence-electron chi connectivity index (χ1n) is 5.74. The minimum absolute atomic E-state index is 0.0279. The van der Waals surface area contributed by atoms with Crippen molar-refractivity contribution < 1.29 is 13.9 Å². The molecule has 0 heterocycles. The molecule has 2 rings (SSSR count). The van der Waals surface area contributed by atoms with Gasteiger partial charge in [0.05, 0.1) is 6.10 Å². The van der Waals surface area contributed by atoms with Crippen molar-refractivity contribution in [1.29, 1.82) is 0 Å². The van der Waals surface area contributed by atoms with Crippen LogP contribution in [0.15, 0.2) is 0 Å². The summed E-state index contributed by atoms with van der Waals surface area (Å²) in [7, 11) is 1.94. The van der Waals surface area contributed by atoms with Crippen LogP contribution in [0, 0.1) is 5.92 Å². The summed E-state index contributed by atoms with van der Waals surface area (Å²) in [5.74, 6) is -2.29. The molecule has 0 aromatic rings. The average molecular weight is 219 g/mol. The molecule has 0 unspecified atom stereocenters. The van der Waals surface area contributed by atoms with Gasteiger partial charge in [-0.05, 0) is 32.2 Å². The lowest BCUT2D eigenvalue weighted by molar-refractivity contribution is -0.118. The minimum atomic E-state index is -2.42. The van der Waals surface area contributed by atoms with Crippen molar-refractivity contribution in [3.8, 4) is 0 Å². The van der Waals surface area contributed by atoms with Crippen LogP contribution >= 0.6 is 0 Å². The van der Waals surface area contributed by atoms with Crippen molar-refractivity contribution >= 4 is 0 Å². The number of hydrogen-bond acceptors (Lipinski definition) is 2. The second kappa shape index (κ2) is 3.98. The molecule has 88 valence electrons. The topological polar surface area (TPSA) is 23.5 Å². The molecule has 2 fully saturated rings. The molecule has 2 atom stereocenters. The monoisotopic (exact) mass is 219 g/mol. The molecule has 0 aliphatic heterocycles. The van der Waals surface area contributed by atoms with E-state index in [1.807, 2.05) is 7.05 Å². The van der Waals surface area contributed by atoms with Gasteiger partial charge in [-0.2, -0.15) is 0 Å². The van der Waals surface area contributed by atoms with Crippen molar-refractivity contribution in [3.05, 3.63) is 0 Å². The van der Waals surface area contributed by atoms with E-state index >= 15 is 0 Å². The van der Waals surface area contributed by atoms with E-state index in [4.69, 9.17) is 0 Å². The predicted molar refractivity (Wildman–Crippen MR) is 53.9 cm³/mol. The minimum Gasteiger partial charge on any atom is -0.391 e. The highest BCUT2D eigenvalue weighted by molar-refractivity contribution is 4.90. The van der Waals surface area contributed by atoms with E-state index in [0.717, 1.165) is 19.3 Å². The third kappa shape index (κ3) is 2.48. The summed E-state index contributed by atoms with van der Waals surface area (Å²) in [5, 5.41) is 9.68. The molecular weight excluding hydrogens is 200 g/mol. The molecule has 15 heavy (non-hydrogen) atoms. The lowest BCUT2D eigenvalue weighted by atomic mass is 9.81. The maximum atomic E-state index is 12.6. The second-order valence-electron chi connectivity index (χ2n) is 5.14. The number of alkyl halides is 2. The van der Waals surface area contributed by atoms with Crippen LogP contribution < -0.4 is 0 Å². The van der Waals surface area contributed by atoms with Gasteiger partial charge in [0.1, 0.15) is 0 Å². The van der Waals surface area contributed by atoms with E-state index in [-0.39, 0.29) is 30.9 Å². The Labute approximate surface area is 89.3 Å². The Morgan fingerprint density at radius 3 is 2.47 bits per heavy atom. The quantitative estimate of drug-likeness (QED) is 0.783. The van der Waals surface area contributed by atoms with E-state index in [1.54, 1.807) is 0 Å². The van der Waals surface area contributed by atoms with E-state index in [0.29, 0.717) is 6.54 Å². The number of hydrogen-bond donors (Lipinski definition) is 1. The maximum Gasteiger partial charge on any atom is 0.248 e. The highest BCUT2D eigenvalue weighted by Crippen LogP contribution is 2.43. The van der Waals surface area contributed by atoms with Crippen LogP contribution in [0.3, 0.4) is 0 Å². The highest BCUT2D eigenvalue weighted by Gasteiger charge is 2.46. The molecule has 2 aliphatic carbocycles. The normalized spacial score (nSPS) is 35.8. The Morgan fingerprint density at radius 1 is 1.33 bits per heavy atom. The van der Waals surface area contributed by atoms with Gasteiger partial charge in [-0.15, -0.1) is 0 Å². The van der Waals surface area contributed by atoms with Crippen LogP contribution in [0.1, 0.15) is 32.1 Å². The summed E-state index contributed by atoms with van der Waals surface area (Å²) in [4.78, 5) is 2.07. The summed E-state index contributed by atoms with van der Waals surface area (Å²) >= 11 is 0. The fraction of sp³-hybridized carbons (Fsp3) is 1.00. The molecule has 0 aromatic heterocycles. The molecule has 0 radical (unpaired) electrons. The summed E-state index contributed by atoms with van der Waals surface area (Å²) in [6.07, 6.45) is 2.71. The van der Waals surface area contributed by atoms with Crippen LogP contribution in [0.5, 0.6) is 0 Å². The maximum absolute atomic E-state index is 12.6. The Hall–Kier alpha value is -0.220. The van der Waals surface area contributed by atoms with E-state index in [1.165, 1.54) is 0 Å². The first-order chi connectivity index (χ1) is 6.98. The number of rotatable bonds is 3. The fourth-order valence-electron chi connectivity index (χ4n) is 2.89. The van der Waals surface area contributed by atoms with Crippen LogP contribution in [-0.4, -0.2) is 41.7 Å². The summed E-state index contributed by atoms with van der Waals surface area (Å²) < 4.78 is 25.2. The third-order valence-corrected chi connectivity index (χ3v) is 3.73. The van der Waals surface area contributed by atoms with Gasteiger partial charge in [0.2, 0.25) is 5.92 Å². The molecule has 1 N–H and O–H groups in total. The molecule has 0 bridgehead atoms. The van der Waals surface area contributed by atoms with Gasteiger partial charge < -0.3 is 10.0 Å². The molecule has 2 nitrogen and oxygen atoms in total. The molecule has 0 spiro atoms. The van der Waals surface area contributed by atoms with Gasteiger partial charge in [-0.25, -0.2) is 8.78 Å². The van der Waals surface area contributed by atoms with E-state index < -0.39 is 5.92 Å². The van der Waals surface area contributed by atoms with Gasteiger partial charge in [-0.1, -0.05) is 0 Å². The Kier molecular flexibility index (Phi) is 2.99. The highest BCUT2D eigenvalue weighted by atomic mass is 19.3. The largest absolute Gasteiger partial charge is 0.391 e. The zero-order valence-electron chi connectivity index (χ0n) is 9.13. The molecule has 0 saturated heterocycles. The van der Waals surface area contributed by atoms with Crippen LogP contribution in [-0.2, 0) is 0 Å². The van der Waals surface area contributed by atoms with Crippen LogP contribution in [0.2, 0.25) is 0 Å². The summed E-state index contributed by atoms with van der Waals surface area (Å²) in [5.41, 5.74) is 0. The van der Waals surface area contributed by atoms with Crippen molar-refractivity contribution in [1.82, 2.24) is 4.90 Å². The molecule has 4 heteroatoms. The van der Waals surface area contributed by atoms with Gasteiger partial charge in [0.25, 0.3) is 0 Å². The van der Waals surface area contributed by atoms with Gasteiger partial charge in [0.15, 0.2) is 0 Å². The average Bonchev–Trinajstić information content (AvgIpc) is 2.47. The number of aliphatic hydroxyl groups is 1. The standard InChI is InChI=1S/C11H19F2NO/c1-14(9-3-2-4-10(9)15)7-8-5-11(12,13)6-8/h8-10,15H,2-7H2,1H3/t9-,10-/m1/s1. The second-order valence-corrected chi connectivity index (χ2v) is 5.14. The van der Waals surface area contributed by atoms with Crippen molar-refractivity contribution in [2.75, 3.05) is 13.6 Å². The molecule has 2 saturated carbocycles. The third-order valence-electron chi connectivity index (χ3n) is 3.73. The molecule has 0 aromatic carbocycles. The lowest BCUT2D eigenvalue weighted by Crippen LogP contribution is -2.46. The smallest absolute Gasteiger partial charge is 0.248 e. The first kappa shape index (κ1) is 11.3. The van der Waals surface area contributed by atoms with Crippen molar-refractivity contribution in [3.63, 3.8) is 0 Å². The van der Waals surface area contributed by atoms with Crippen LogP contribution in [0.4, 0.5) is 8.78 Å². The zero-order valence-corrected chi connectivity index (χ0v) is 9.13. The van der Waals surface area contributed by atoms with Crippen molar-refractivity contribution in [2.45, 2.75) is 50.2 Å². The van der Waals surface area contributed by atoms with Gasteiger partial charge >= 0.3 is 0 Å². The molecular formula is C11H19F2NO. The number of halogens is 2. The van der Waals surface area contributed by atoms with E-state index in [2.05, 4.69) is 4.90 Å². The number of nitrogens with zero attached hydrogens (tertiary/aromatic N) is 1. The Balaban J connectivity index is 1.75. The van der Waals surface area contributed by atoms with Crippen molar-refractivity contribution in [2.24, 2.45) is 5.92 Å². The van der Waals surface area contributed by atoms with Crippen LogP contribution in [0.25, 0.3) is 0 Å². The van der Waals surface area contributed by atoms with E-state index in [9.17, 15) is 13.9 Å². The summed E-state index contributed by atoms with van der Waals surface area (Å²) in [6, 6.07) is 0.194. The molecule has 2 aliphatic rings. The zero-order chi connectivity index (χ0) is 11.1. The lowest BCUT2D eigenvalue weighted by Gasteiger charge is -2.39. The Morgan fingerprint density at radius 2 is 2.00 bits per heavy atom.